The van der Waals surface area contributed by atoms with Gasteiger partial charge in [-0.1, -0.05) is 36.4 Å². The van der Waals surface area contributed by atoms with Crippen LogP contribution in [0.1, 0.15) is 36.3 Å². The molecule has 1 N–H and O–H groups in total. The third-order valence-electron chi connectivity index (χ3n) is 6.83. The van der Waals surface area contributed by atoms with Crippen LogP contribution in [-0.4, -0.2) is 17.6 Å². The molecule has 2 aromatic carbocycles. The molecule has 2 bridgehead atoms. The fraction of sp³-hybridized carbons (Fsp3) is 0.320. The van der Waals surface area contributed by atoms with E-state index in [1.807, 2.05) is 18.5 Å². The number of nitrogens with zero attached hydrogens (tertiary/aromatic N) is 1. The first-order chi connectivity index (χ1) is 13.8. The van der Waals surface area contributed by atoms with Crippen molar-refractivity contribution in [3.63, 3.8) is 0 Å². The highest BCUT2D eigenvalue weighted by molar-refractivity contribution is 5.67. The molecule has 2 aliphatic heterocycles. The highest BCUT2D eigenvalue weighted by atomic mass is 16.5. The molecule has 3 aliphatic rings. The summed E-state index contributed by atoms with van der Waals surface area (Å²) in [6.07, 6.45) is 7.66. The lowest BCUT2D eigenvalue weighted by atomic mass is 9.69. The van der Waals surface area contributed by atoms with Gasteiger partial charge >= 0.3 is 0 Å². The molecule has 2 fully saturated rings. The Labute approximate surface area is 165 Å². The summed E-state index contributed by atoms with van der Waals surface area (Å²) >= 11 is 0. The molecule has 140 valence electrons. The molecule has 1 saturated carbocycles. The molecule has 1 aliphatic carbocycles. The zero-order valence-corrected chi connectivity index (χ0v) is 15.8. The number of para-hydroxylation sites is 1. The van der Waals surface area contributed by atoms with Gasteiger partial charge in [0, 0.05) is 41.0 Å². The summed E-state index contributed by atoms with van der Waals surface area (Å²) < 4.78 is 6.39. The van der Waals surface area contributed by atoms with Gasteiger partial charge in [-0.25, -0.2) is 0 Å². The van der Waals surface area contributed by atoms with Crippen molar-refractivity contribution in [1.82, 2.24) is 10.3 Å². The molecule has 0 amide bonds. The van der Waals surface area contributed by atoms with Crippen molar-refractivity contribution in [2.24, 2.45) is 11.8 Å². The third-order valence-corrected chi connectivity index (χ3v) is 6.83. The summed E-state index contributed by atoms with van der Waals surface area (Å²) in [5.41, 5.74) is 4.99. The fourth-order valence-electron chi connectivity index (χ4n) is 5.64. The predicted octanol–water partition coefficient (Wildman–Crippen LogP) is 5.37. The topological polar surface area (TPSA) is 34.1 Å². The standard InChI is InChI=1S/C25H24N2O/c1-2-6-23-21(5-1)25(19-10-16-11-20(12-19)27-14-16)22-8-7-17(13-24(22)28-23)18-4-3-9-26-15-18/h1-9,13,15-16,19-20,25,27H,10-12,14H2. The summed E-state index contributed by atoms with van der Waals surface area (Å²) in [5, 5.41) is 3.73. The Balaban J connectivity index is 1.45. The Hall–Kier alpha value is -2.65. The number of benzene rings is 2. The van der Waals surface area contributed by atoms with Crippen molar-refractivity contribution in [3.05, 3.63) is 78.1 Å². The first-order valence-electron chi connectivity index (χ1n) is 10.4. The maximum Gasteiger partial charge on any atom is 0.131 e. The van der Waals surface area contributed by atoms with Crippen molar-refractivity contribution < 1.29 is 4.74 Å². The zero-order valence-electron chi connectivity index (χ0n) is 15.8. The number of pyridine rings is 1. The van der Waals surface area contributed by atoms with Crippen molar-refractivity contribution in [1.29, 1.82) is 0 Å². The van der Waals surface area contributed by atoms with Gasteiger partial charge in [0.25, 0.3) is 0 Å². The Bertz CT molecular complexity index is 1000. The summed E-state index contributed by atoms with van der Waals surface area (Å²) in [6, 6.07) is 20.1. The van der Waals surface area contributed by atoms with E-state index in [1.54, 1.807) is 0 Å². The van der Waals surface area contributed by atoms with E-state index in [9.17, 15) is 0 Å². The van der Waals surface area contributed by atoms with Crippen molar-refractivity contribution in [3.8, 4) is 22.6 Å². The second-order valence-corrected chi connectivity index (χ2v) is 8.55. The number of hydrogen-bond donors (Lipinski definition) is 1. The van der Waals surface area contributed by atoms with Gasteiger partial charge in [0.05, 0.1) is 0 Å². The van der Waals surface area contributed by atoms with Gasteiger partial charge in [-0.2, -0.15) is 0 Å². The predicted molar refractivity (Wildman–Crippen MR) is 111 cm³/mol. The van der Waals surface area contributed by atoms with Gasteiger partial charge in [-0.15, -0.1) is 0 Å². The van der Waals surface area contributed by atoms with E-state index in [2.05, 4.69) is 58.8 Å². The first kappa shape index (κ1) is 16.3. The molecule has 3 heterocycles. The Morgan fingerprint density at radius 1 is 0.857 bits per heavy atom. The molecule has 1 saturated heterocycles. The minimum Gasteiger partial charge on any atom is -0.457 e. The minimum absolute atomic E-state index is 0.424. The van der Waals surface area contributed by atoms with Gasteiger partial charge < -0.3 is 10.1 Å². The molecule has 1 aromatic heterocycles. The van der Waals surface area contributed by atoms with Crippen molar-refractivity contribution in [2.75, 3.05) is 6.54 Å². The number of fused-ring (bicyclic) bond motifs is 4. The van der Waals surface area contributed by atoms with Crippen LogP contribution in [0.5, 0.6) is 11.5 Å². The van der Waals surface area contributed by atoms with Crippen LogP contribution in [0.15, 0.2) is 67.0 Å². The molecular weight excluding hydrogens is 344 g/mol. The van der Waals surface area contributed by atoms with Crippen LogP contribution >= 0.6 is 0 Å². The van der Waals surface area contributed by atoms with E-state index in [4.69, 9.17) is 4.74 Å². The SMILES string of the molecule is c1cncc(-c2ccc3c(c2)Oc2ccccc2C3C2CC3CNC(C3)C2)c1. The highest BCUT2D eigenvalue weighted by Gasteiger charge is 2.41. The molecule has 0 radical (unpaired) electrons. The zero-order chi connectivity index (χ0) is 18.5. The average molecular weight is 368 g/mol. The van der Waals surface area contributed by atoms with Gasteiger partial charge in [-0.3, -0.25) is 4.98 Å². The quantitative estimate of drug-likeness (QED) is 0.660. The monoisotopic (exact) mass is 368 g/mol. The van der Waals surface area contributed by atoms with Crippen molar-refractivity contribution in [2.45, 2.75) is 31.2 Å². The number of hydrogen-bond acceptors (Lipinski definition) is 3. The minimum atomic E-state index is 0.424. The maximum atomic E-state index is 6.39. The van der Waals surface area contributed by atoms with E-state index in [0.717, 1.165) is 28.5 Å². The largest absolute Gasteiger partial charge is 0.457 e. The smallest absolute Gasteiger partial charge is 0.131 e. The molecule has 3 nitrogen and oxygen atoms in total. The van der Waals surface area contributed by atoms with Crippen LogP contribution in [0, 0.1) is 11.8 Å². The Morgan fingerprint density at radius 3 is 2.68 bits per heavy atom. The maximum absolute atomic E-state index is 6.39. The second-order valence-electron chi connectivity index (χ2n) is 8.55. The highest BCUT2D eigenvalue weighted by Crippen LogP contribution is 2.52. The van der Waals surface area contributed by atoms with Crippen LogP contribution in [0.25, 0.3) is 11.1 Å². The van der Waals surface area contributed by atoms with E-state index in [0.29, 0.717) is 17.9 Å². The first-order valence-corrected chi connectivity index (χ1v) is 10.4. The second kappa shape index (κ2) is 6.46. The van der Waals surface area contributed by atoms with Crippen LogP contribution in [-0.2, 0) is 0 Å². The van der Waals surface area contributed by atoms with Crippen LogP contribution in [0.2, 0.25) is 0 Å². The van der Waals surface area contributed by atoms with Gasteiger partial charge in [-0.05, 0) is 61.4 Å². The van der Waals surface area contributed by atoms with E-state index in [-0.39, 0.29) is 0 Å². The van der Waals surface area contributed by atoms with Gasteiger partial charge in [0.1, 0.15) is 11.5 Å². The average Bonchev–Trinajstić information content (AvgIpc) is 3.09. The van der Waals surface area contributed by atoms with Gasteiger partial charge in [0.2, 0.25) is 0 Å². The number of nitrogens with one attached hydrogen (secondary N) is 1. The molecule has 28 heavy (non-hydrogen) atoms. The van der Waals surface area contributed by atoms with Crippen LogP contribution < -0.4 is 10.1 Å². The number of ether oxygens (including phenoxy) is 1. The Kier molecular flexibility index (Phi) is 3.76. The van der Waals surface area contributed by atoms with Crippen molar-refractivity contribution >= 4 is 0 Å². The molecule has 3 heteroatoms. The lowest BCUT2D eigenvalue weighted by molar-refractivity contribution is 0.265. The molecule has 4 atom stereocenters. The molecule has 4 unspecified atom stereocenters. The van der Waals surface area contributed by atoms with Crippen LogP contribution in [0.4, 0.5) is 0 Å². The number of aromatic nitrogens is 1. The Morgan fingerprint density at radius 2 is 1.79 bits per heavy atom. The van der Waals surface area contributed by atoms with E-state index >= 15 is 0 Å². The summed E-state index contributed by atoms with van der Waals surface area (Å²) in [7, 11) is 0. The summed E-state index contributed by atoms with van der Waals surface area (Å²) in [6.45, 7) is 1.19. The summed E-state index contributed by atoms with van der Waals surface area (Å²) in [4.78, 5) is 4.27. The fourth-order valence-corrected chi connectivity index (χ4v) is 5.64. The van der Waals surface area contributed by atoms with Crippen LogP contribution in [0.3, 0.4) is 0 Å². The molecule has 3 aromatic rings. The number of rotatable bonds is 2. The molecule has 6 rings (SSSR count). The molecule has 0 spiro atoms. The normalized spacial score (nSPS) is 27.6. The van der Waals surface area contributed by atoms with E-state index < -0.39 is 0 Å². The lowest BCUT2D eigenvalue weighted by Gasteiger charge is -2.38. The van der Waals surface area contributed by atoms with Gasteiger partial charge in [0.15, 0.2) is 0 Å². The van der Waals surface area contributed by atoms with E-state index in [1.165, 1.54) is 36.9 Å². The lowest BCUT2D eigenvalue weighted by Crippen LogP contribution is -2.29. The third kappa shape index (κ3) is 2.65. The summed E-state index contributed by atoms with van der Waals surface area (Å²) in [5.74, 6) is 3.96. The molecular formula is C25H24N2O.